The minimum absolute atomic E-state index is 0.00290. The molecule has 1 aliphatic rings. The number of halogens is 1. The van der Waals surface area contributed by atoms with Gasteiger partial charge in [0.25, 0.3) is 5.91 Å². The lowest BCUT2D eigenvalue weighted by Gasteiger charge is -2.24. The number of carbonyl (C=O) groups is 2. The van der Waals surface area contributed by atoms with Crippen LogP contribution in [0, 0.1) is 5.95 Å². The first kappa shape index (κ1) is 23.4. The fourth-order valence-corrected chi connectivity index (χ4v) is 5.01. The number of hydrogen-bond donors (Lipinski definition) is 3. The molecule has 12 heteroatoms. The number of amides is 2. The summed E-state index contributed by atoms with van der Waals surface area (Å²) in [7, 11) is 0. The second kappa shape index (κ2) is 10.1. The third-order valence-corrected chi connectivity index (χ3v) is 6.61. The number of hydrogen-bond acceptors (Lipinski definition) is 7. The summed E-state index contributed by atoms with van der Waals surface area (Å²) in [6.45, 7) is 1.13. The molecule has 4 aromatic rings. The summed E-state index contributed by atoms with van der Waals surface area (Å²) < 4.78 is 15.2. The van der Waals surface area contributed by atoms with Gasteiger partial charge in [0.2, 0.25) is 5.95 Å². The number of nitrogens with zero attached hydrogens (tertiary/aromatic N) is 5. The van der Waals surface area contributed by atoms with Crippen LogP contribution in [0.2, 0.25) is 0 Å². The number of rotatable bonds is 7. The van der Waals surface area contributed by atoms with Crippen molar-refractivity contribution in [3.8, 4) is 0 Å². The van der Waals surface area contributed by atoms with Gasteiger partial charge in [-0.15, -0.1) is 11.3 Å². The maximum absolute atomic E-state index is 13.4. The molecule has 3 N–H and O–H groups in total. The van der Waals surface area contributed by atoms with Crippen LogP contribution < -0.4 is 15.5 Å². The first-order chi connectivity index (χ1) is 17.5. The van der Waals surface area contributed by atoms with Gasteiger partial charge in [-0.05, 0) is 54.8 Å². The maximum Gasteiger partial charge on any atom is 0.409 e. The van der Waals surface area contributed by atoms with Gasteiger partial charge in [-0.1, -0.05) is 0 Å². The van der Waals surface area contributed by atoms with Crippen LogP contribution in [0.5, 0.6) is 0 Å². The Morgan fingerprint density at radius 1 is 1.19 bits per heavy atom. The molecule has 1 fully saturated rings. The van der Waals surface area contributed by atoms with Gasteiger partial charge in [0.05, 0.1) is 23.6 Å². The van der Waals surface area contributed by atoms with Crippen molar-refractivity contribution in [3.05, 3.63) is 83.3 Å². The van der Waals surface area contributed by atoms with Crippen LogP contribution in [-0.4, -0.2) is 43.2 Å². The number of carboxylic acid groups (broad SMARTS) is 1. The Kier molecular flexibility index (Phi) is 6.58. The molecule has 10 nitrogen and oxygen atoms in total. The smallest absolute Gasteiger partial charge is 0.409 e. The molecule has 1 atom stereocenters. The van der Waals surface area contributed by atoms with Gasteiger partial charge in [-0.2, -0.15) is 4.39 Å². The molecule has 5 rings (SSSR count). The maximum atomic E-state index is 13.4. The standard InChI is InChI=1S/C24H22FN7O3S/c25-20-11-15(7-8-26-20)13-31-9-1-4-19(31)22(33)30-23-29-17(14-36-23)18-3-2-10-32(18)21-6-5-16(12-27-21)28-24(34)35/h1,4-9,11-12,14,18,28H,2-3,10,13H2,(H,34,35)(H,29,30,33)/t18-/m1/s1. The van der Waals surface area contributed by atoms with Crippen molar-refractivity contribution in [3.63, 3.8) is 0 Å². The Bertz CT molecular complexity index is 1390. The number of thiazole rings is 1. The highest BCUT2D eigenvalue weighted by atomic mass is 32.1. The fourth-order valence-electron chi connectivity index (χ4n) is 4.26. The van der Waals surface area contributed by atoms with Crippen molar-refractivity contribution in [1.29, 1.82) is 0 Å². The average molecular weight is 508 g/mol. The number of pyridine rings is 2. The number of carbonyl (C=O) groups excluding carboxylic acids is 1. The molecule has 2 amide bonds. The number of aromatic nitrogens is 4. The summed E-state index contributed by atoms with van der Waals surface area (Å²) in [5, 5.41) is 16.4. The topological polar surface area (TPSA) is 125 Å². The third-order valence-electron chi connectivity index (χ3n) is 5.84. The highest BCUT2D eigenvalue weighted by Crippen LogP contribution is 2.36. The quantitative estimate of drug-likeness (QED) is 0.312. The SMILES string of the molecule is O=C(O)Nc1ccc(N2CCC[C@@H]2c2csc(NC(=O)c3cccn3Cc3ccnc(F)c3)n2)nc1. The van der Waals surface area contributed by atoms with Crippen LogP contribution in [0.25, 0.3) is 0 Å². The minimum Gasteiger partial charge on any atom is -0.465 e. The minimum atomic E-state index is -1.14. The van der Waals surface area contributed by atoms with E-state index in [2.05, 4.69) is 30.5 Å². The van der Waals surface area contributed by atoms with Crippen molar-refractivity contribution in [1.82, 2.24) is 19.5 Å². The van der Waals surface area contributed by atoms with Crippen molar-refractivity contribution >= 4 is 40.0 Å². The van der Waals surface area contributed by atoms with E-state index in [1.54, 1.807) is 41.1 Å². The van der Waals surface area contributed by atoms with Crippen LogP contribution in [0.15, 0.2) is 60.4 Å². The molecule has 0 spiro atoms. The van der Waals surface area contributed by atoms with E-state index in [1.807, 2.05) is 5.38 Å². The number of nitrogens with one attached hydrogen (secondary N) is 2. The summed E-state index contributed by atoms with van der Waals surface area (Å²) in [4.78, 5) is 38.5. The van der Waals surface area contributed by atoms with Crippen molar-refractivity contribution in [2.45, 2.75) is 25.4 Å². The van der Waals surface area contributed by atoms with E-state index in [4.69, 9.17) is 5.11 Å². The lowest BCUT2D eigenvalue weighted by Crippen LogP contribution is -2.24. The van der Waals surface area contributed by atoms with Gasteiger partial charge in [0.15, 0.2) is 5.13 Å². The molecule has 1 aliphatic heterocycles. The van der Waals surface area contributed by atoms with Gasteiger partial charge in [-0.3, -0.25) is 15.4 Å². The van der Waals surface area contributed by atoms with Crippen LogP contribution in [0.3, 0.4) is 0 Å². The second-order valence-corrected chi connectivity index (χ2v) is 9.08. The Balaban J connectivity index is 1.27. The number of anilines is 3. The summed E-state index contributed by atoms with van der Waals surface area (Å²) >= 11 is 1.35. The predicted octanol–water partition coefficient (Wildman–Crippen LogP) is 4.61. The van der Waals surface area contributed by atoms with E-state index in [9.17, 15) is 14.0 Å². The largest absolute Gasteiger partial charge is 0.465 e. The molecule has 36 heavy (non-hydrogen) atoms. The van der Waals surface area contributed by atoms with Crippen molar-refractivity contribution < 1.29 is 19.1 Å². The summed E-state index contributed by atoms with van der Waals surface area (Å²) in [6.07, 6.45) is 5.36. The van der Waals surface area contributed by atoms with Gasteiger partial charge in [-0.25, -0.2) is 19.7 Å². The lowest BCUT2D eigenvalue weighted by atomic mass is 10.1. The molecule has 0 unspecified atom stereocenters. The van der Waals surface area contributed by atoms with Crippen LogP contribution in [0.4, 0.5) is 25.8 Å². The summed E-state index contributed by atoms with van der Waals surface area (Å²) in [5.74, 6) is -0.135. The first-order valence-corrected chi connectivity index (χ1v) is 12.1. The average Bonchev–Trinajstić information content (AvgIpc) is 3.60. The second-order valence-electron chi connectivity index (χ2n) is 8.23. The fraction of sp³-hybridized carbons (Fsp3) is 0.208. The van der Waals surface area contributed by atoms with E-state index >= 15 is 0 Å². The normalized spacial score (nSPS) is 15.1. The zero-order valence-electron chi connectivity index (χ0n) is 19.0. The molecule has 0 bridgehead atoms. The summed E-state index contributed by atoms with van der Waals surface area (Å²) in [5.41, 5.74) is 2.38. The van der Waals surface area contributed by atoms with Gasteiger partial charge >= 0.3 is 6.09 Å². The van der Waals surface area contributed by atoms with Crippen molar-refractivity contribution in [2.24, 2.45) is 0 Å². The molecule has 0 radical (unpaired) electrons. The molecule has 1 saturated heterocycles. The molecule has 5 heterocycles. The zero-order chi connectivity index (χ0) is 25.1. The Morgan fingerprint density at radius 3 is 2.86 bits per heavy atom. The molecular formula is C24H22FN7O3S. The van der Waals surface area contributed by atoms with Crippen LogP contribution in [-0.2, 0) is 6.54 Å². The van der Waals surface area contributed by atoms with Gasteiger partial charge < -0.3 is 14.6 Å². The molecule has 0 saturated carbocycles. The van der Waals surface area contributed by atoms with Crippen LogP contribution in [0.1, 0.15) is 40.6 Å². The highest BCUT2D eigenvalue weighted by Gasteiger charge is 2.29. The van der Waals surface area contributed by atoms with Crippen molar-refractivity contribution in [2.75, 3.05) is 22.1 Å². The monoisotopic (exact) mass is 507 g/mol. The van der Waals surface area contributed by atoms with Gasteiger partial charge in [0.1, 0.15) is 11.5 Å². The highest BCUT2D eigenvalue weighted by molar-refractivity contribution is 7.14. The van der Waals surface area contributed by atoms with E-state index < -0.39 is 12.0 Å². The third kappa shape index (κ3) is 5.18. The molecule has 4 aromatic heterocycles. The first-order valence-electron chi connectivity index (χ1n) is 11.2. The Morgan fingerprint density at radius 2 is 2.08 bits per heavy atom. The lowest BCUT2D eigenvalue weighted by molar-refractivity contribution is 0.101. The van der Waals surface area contributed by atoms with Gasteiger partial charge in [0, 0.05) is 30.9 Å². The van der Waals surface area contributed by atoms with E-state index in [0.717, 1.165) is 30.9 Å². The van der Waals surface area contributed by atoms with Crippen LogP contribution >= 0.6 is 11.3 Å². The predicted molar refractivity (Wildman–Crippen MR) is 133 cm³/mol. The molecule has 184 valence electrons. The molecule has 0 aromatic carbocycles. The zero-order valence-corrected chi connectivity index (χ0v) is 19.8. The van der Waals surface area contributed by atoms with E-state index in [0.29, 0.717) is 28.6 Å². The molecule has 0 aliphatic carbocycles. The van der Waals surface area contributed by atoms with E-state index in [1.165, 1.54) is 29.8 Å². The Labute approximate surface area is 209 Å². The van der Waals surface area contributed by atoms with E-state index in [-0.39, 0.29) is 11.9 Å². The molecular weight excluding hydrogens is 485 g/mol. The Hall–Kier alpha value is -4.32. The summed E-state index contributed by atoms with van der Waals surface area (Å²) in [6, 6.07) is 9.97.